The predicted molar refractivity (Wildman–Crippen MR) is 107 cm³/mol. The van der Waals surface area contributed by atoms with Crippen LogP contribution in [0.2, 0.25) is 0 Å². The summed E-state index contributed by atoms with van der Waals surface area (Å²) in [5.74, 6) is 1.65. The minimum Gasteiger partial charge on any atom is -0.496 e. The Morgan fingerprint density at radius 1 is 1.19 bits per heavy atom. The van der Waals surface area contributed by atoms with Gasteiger partial charge in [0.2, 0.25) is 0 Å². The topological polar surface area (TPSA) is 54.0 Å². The van der Waals surface area contributed by atoms with E-state index >= 15 is 0 Å². The van der Waals surface area contributed by atoms with Gasteiger partial charge in [0.05, 0.1) is 23.8 Å². The number of nitrogens with one attached hydrogen (secondary N) is 1. The maximum atomic E-state index is 5.38. The maximum absolute atomic E-state index is 5.38. The van der Waals surface area contributed by atoms with Gasteiger partial charge in [-0.2, -0.15) is 0 Å². The summed E-state index contributed by atoms with van der Waals surface area (Å²) in [6.45, 7) is 4.36. The fraction of sp³-hybridized carbons (Fsp3) is 0.400. The Kier molecular flexibility index (Phi) is 5.02. The molecule has 26 heavy (non-hydrogen) atoms. The standard InChI is InChI=1S/C20H24N4OS/c1-14-18(21-9-8-19(14)25-2)13-26-20-22-16-7-6-15(12-17(16)23-20)24-10-4-3-5-11-24/h6-9,12H,3-5,10-11,13H2,1-2H3,(H,22,23). The molecule has 1 saturated heterocycles. The molecule has 3 aromatic rings. The number of benzene rings is 1. The SMILES string of the molecule is COc1ccnc(CSc2nc3ccc(N4CCCCC4)cc3[nH]2)c1C. The summed E-state index contributed by atoms with van der Waals surface area (Å²) in [4.78, 5) is 15.1. The molecule has 1 aromatic carbocycles. The molecule has 0 amide bonds. The van der Waals surface area contributed by atoms with Gasteiger partial charge < -0.3 is 14.6 Å². The van der Waals surface area contributed by atoms with Gasteiger partial charge in [-0.15, -0.1) is 0 Å². The van der Waals surface area contributed by atoms with Gasteiger partial charge in [0, 0.05) is 36.3 Å². The number of aromatic amines is 1. The zero-order valence-electron chi connectivity index (χ0n) is 15.3. The van der Waals surface area contributed by atoms with Crippen LogP contribution in [0.4, 0.5) is 5.69 Å². The van der Waals surface area contributed by atoms with Crippen molar-refractivity contribution >= 4 is 28.5 Å². The van der Waals surface area contributed by atoms with Crippen LogP contribution in [0.5, 0.6) is 5.75 Å². The first kappa shape index (κ1) is 17.2. The molecule has 0 spiro atoms. The molecular formula is C20H24N4OS. The Morgan fingerprint density at radius 3 is 2.85 bits per heavy atom. The molecule has 136 valence electrons. The highest BCUT2D eigenvalue weighted by atomic mass is 32.2. The van der Waals surface area contributed by atoms with Crippen LogP contribution in [0.25, 0.3) is 11.0 Å². The third kappa shape index (κ3) is 3.51. The number of hydrogen-bond acceptors (Lipinski definition) is 5. The average Bonchev–Trinajstić information content (AvgIpc) is 3.10. The van der Waals surface area contributed by atoms with E-state index in [1.54, 1.807) is 25.1 Å². The quantitative estimate of drug-likeness (QED) is 0.669. The predicted octanol–water partition coefficient (Wildman–Crippen LogP) is 4.56. The molecule has 3 heterocycles. The highest BCUT2D eigenvalue weighted by Crippen LogP contribution is 2.29. The number of aromatic nitrogens is 3. The average molecular weight is 369 g/mol. The second kappa shape index (κ2) is 7.58. The van der Waals surface area contributed by atoms with Crippen molar-refractivity contribution < 1.29 is 4.74 Å². The number of fused-ring (bicyclic) bond motifs is 1. The second-order valence-electron chi connectivity index (χ2n) is 6.66. The van der Waals surface area contributed by atoms with E-state index in [-0.39, 0.29) is 0 Å². The smallest absolute Gasteiger partial charge is 0.166 e. The van der Waals surface area contributed by atoms with Crippen LogP contribution in [0.15, 0.2) is 35.6 Å². The molecule has 1 fully saturated rings. The monoisotopic (exact) mass is 368 g/mol. The van der Waals surface area contributed by atoms with Gasteiger partial charge in [0.1, 0.15) is 5.75 Å². The summed E-state index contributed by atoms with van der Waals surface area (Å²) >= 11 is 1.68. The molecule has 0 bridgehead atoms. The zero-order chi connectivity index (χ0) is 17.9. The Hall–Kier alpha value is -2.21. The molecule has 1 aliphatic heterocycles. The molecular weight excluding hydrogens is 344 g/mol. The van der Waals surface area contributed by atoms with Crippen LogP contribution in [-0.4, -0.2) is 35.2 Å². The number of hydrogen-bond donors (Lipinski definition) is 1. The Balaban J connectivity index is 1.50. The third-order valence-corrected chi connectivity index (χ3v) is 5.87. The Morgan fingerprint density at radius 2 is 2.04 bits per heavy atom. The van der Waals surface area contributed by atoms with Gasteiger partial charge in [0.25, 0.3) is 0 Å². The number of methoxy groups -OCH3 is 1. The lowest BCUT2D eigenvalue weighted by Gasteiger charge is -2.28. The first-order chi connectivity index (χ1) is 12.7. The lowest BCUT2D eigenvalue weighted by Crippen LogP contribution is -2.29. The summed E-state index contributed by atoms with van der Waals surface area (Å²) in [5.41, 5.74) is 5.53. The van der Waals surface area contributed by atoms with Crippen molar-refractivity contribution in [3.05, 3.63) is 41.7 Å². The third-order valence-electron chi connectivity index (χ3n) is 4.99. The molecule has 4 rings (SSSR count). The lowest BCUT2D eigenvalue weighted by molar-refractivity contribution is 0.410. The minimum atomic E-state index is 0.766. The molecule has 5 nitrogen and oxygen atoms in total. The van der Waals surface area contributed by atoms with Gasteiger partial charge in [-0.25, -0.2) is 4.98 Å². The second-order valence-corrected chi connectivity index (χ2v) is 7.63. The van der Waals surface area contributed by atoms with Crippen LogP contribution in [0.1, 0.15) is 30.5 Å². The Bertz CT molecular complexity index is 902. The van der Waals surface area contributed by atoms with E-state index in [2.05, 4.69) is 33.1 Å². The normalized spacial score (nSPS) is 14.8. The molecule has 1 N–H and O–H groups in total. The molecule has 1 aliphatic rings. The minimum absolute atomic E-state index is 0.766. The highest BCUT2D eigenvalue weighted by molar-refractivity contribution is 7.98. The van der Waals surface area contributed by atoms with E-state index in [0.29, 0.717) is 0 Å². The van der Waals surface area contributed by atoms with E-state index in [4.69, 9.17) is 9.72 Å². The number of rotatable bonds is 5. The van der Waals surface area contributed by atoms with Crippen molar-refractivity contribution in [1.82, 2.24) is 15.0 Å². The van der Waals surface area contributed by atoms with Gasteiger partial charge in [0.15, 0.2) is 5.16 Å². The summed E-state index contributed by atoms with van der Waals surface area (Å²) in [6.07, 6.45) is 5.72. The van der Waals surface area contributed by atoms with Gasteiger partial charge in [-0.3, -0.25) is 4.98 Å². The molecule has 0 aliphatic carbocycles. The van der Waals surface area contributed by atoms with Crippen molar-refractivity contribution in [2.24, 2.45) is 0 Å². The fourth-order valence-electron chi connectivity index (χ4n) is 3.45. The van der Waals surface area contributed by atoms with Crippen LogP contribution in [0, 0.1) is 6.92 Å². The van der Waals surface area contributed by atoms with Crippen molar-refractivity contribution in [1.29, 1.82) is 0 Å². The van der Waals surface area contributed by atoms with Crippen LogP contribution in [-0.2, 0) is 5.75 Å². The van der Waals surface area contributed by atoms with Crippen LogP contribution in [0.3, 0.4) is 0 Å². The number of piperidine rings is 1. The number of pyridine rings is 1. The van der Waals surface area contributed by atoms with E-state index in [1.807, 2.05) is 13.0 Å². The first-order valence-electron chi connectivity index (χ1n) is 9.10. The summed E-state index contributed by atoms with van der Waals surface area (Å²) < 4.78 is 5.38. The van der Waals surface area contributed by atoms with Crippen LogP contribution >= 0.6 is 11.8 Å². The molecule has 0 unspecified atom stereocenters. The summed E-state index contributed by atoms with van der Waals surface area (Å²) in [5, 5.41) is 0.930. The molecule has 0 atom stereocenters. The number of anilines is 1. The van der Waals surface area contributed by atoms with E-state index < -0.39 is 0 Å². The van der Waals surface area contributed by atoms with Crippen LogP contribution < -0.4 is 9.64 Å². The van der Waals surface area contributed by atoms with E-state index in [0.717, 1.165) is 52.0 Å². The van der Waals surface area contributed by atoms with Crippen molar-refractivity contribution in [2.75, 3.05) is 25.1 Å². The van der Waals surface area contributed by atoms with E-state index in [1.165, 1.54) is 24.9 Å². The highest BCUT2D eigenvalue weighted by Gasteiger charge is 2.13. The van der Waals surface area contributed by atoms with E-state index in [9.17, 15) is 0 Å². The fourth-order valence-corrected chi connectivity index (χ4v) is 4.36. The van der Waals surface area contributed by atoms with Crippen molar-refractivity contribution in [3.63, 3.8) is 0 Å². The number of thioether (sulfide) groups is 1. The number of nitrogens with zero attached hydrogens (tertiary/aromatic N) is 3. The number of imidazole rings is 1. The van der Waals surface area contributed by atoms with Gasteiger partial charge in [-0.1, -0.05) is 11.8 Å². The maximum Gasteiger partial charge on any atom is 0.166 e. The summed E-state index contributed by atoms with van der Waals surface area (Å²) in [6, 6.07) is 8.44. The van der Waals surface area contributed by atoms with Crippen molar-refractivity contribution in [2.45, 2.75) is 37.1 Å². The number of H-pyrrole nitrogens is 1. The summed E-state index contributed by atoms with van der Waals surface area (Å²) in [7, 11) is 1.69. The first-order valence-corrected chi connectivity index (χ1v) is 10.1. The lowest BCUT2D eigenvalue weighted by atomic mass is 10.1. The number of ether oxygens (including phenoxy) is 1. The zero-order valence-corrected chi connectivity index (χ0v) is 16.1. The largest absolute Gasteiger partial charge is 0.496 e. The Labute approximate surface area is 158 Å². The molecule has 0 radical (unpaired) electrons. The molecule has 6 heteroatoms. The van der Waals surface area contributed by atoms with Gasteiger partial charge in [-0.05, 0) is 50.5 Å². The van der Waals surface area contributed by atoms with Crippen molar-refractivity contribution in [3.8, 4) is 5.75 Å². The molecule has 0 saturated carbocycles. The van der Waals surface area contributed by atoms with Gasteiger partial charge >= 0.3 is 0 Å². The molecule has 2 aromatic heterocycles.